The van der Waals surface area contributed by atoms with E-state index >= 15 is 0 Å². The van der Waals surface area contributed by atoms with Crippen molar-refractivity contribution >= 4 is 29.4 Å². The molecule has 2 heterocycles. The Hall–Kier alpha value is -1.77. The number of furan rings is 1. The van der Waals surface area contributed by atoms with Gasteiger partial charge in [0.15, 0.2) is 0 Å². The largest absolute Gasteiger partial charge is 0.497 e. The van der Waals surface area contributed by atoms with Gasteiger partial charge in [0.25, 0.3) is 0 Å². The summed E-state index contributed by atoms with van der Waals surface area (Å²) in [7, 11) is 7.35. The highest BCUT2D eigenvalue weighted by Crippen LogP contribution is 2.42. The molecule has 1 aliphatic rings. The van der Waals surface area contributed by atoms with Crippen LogP contribution in [0.15, 0.2) is 34.7 Å². The second-order valence-corrected chi connectivity index (χ2v) is 9.62. The zero-order chi connectivity index (χ0) is 21.5. The number of carbonyl (C=O) groups is 1. The van der Waals surface area contributed by atoms with Gasteiger partial charge in [0, 0.05) is 36.1 Å². The van der Waals surface area contributed by atoms with Gasteiger partial charge < -0.3 is 23.7 Å². The van der Waals surface area contributed by atoms with Crippen LogP contribution in [0.3, 0.4) is 0 Å². The second kappa shape index (κ2) is 11.0. The van der Waals surface area contributed by atoms with Gasteiger partial charge >= 0.3 is 0 Å². The highest BCUT2D eigenvalue weighted by Gasteiger charge is 2.31. The maximum Gasteiger partial charge on any atom is 0.224 e. The van der Waals surface area contributed by atoms with E-state index in [4.69, 9.17) is 13.9 Å². The van der Waals surface area contributed by atoms with E-state index in [1.54, 1.807) is 37.7 Å². The number of nitrogens with zero attached hydrogens (tertiary/aromatic N) is 2. The van der Waals surface area contributed by atoms with Gasteiger partial charge in [0.2, 0.25) is 5.91 Å². The lowest BCUT2D eigenvalue weighted by Gasteiger charge is -2.36. The van der Waals surface area contributed by atoms with Crippen LogP contribution in [0, 0.1) is 0 Å². The summed E-state index contributed by atoms with van der Waals surface area (Å²) >= 11 is 3.57. The molecule has 0 N–H and O–H groups in total. The van der Waals surface area contributed by atoms with Crippen molar-refractivity contribution in [2.45, 2.75) is 24.1 Å². The van der Waals surface area contributed by atoms with Gasteiger partial charge in [0.1, 0.15) is 28.4 Å². The molecule has 1 atom stereocenters. The lowest BCUT2D eigenvalue weighted by molar-refractivity contribution is -0.131. The molecule has 0 radical (unpaired) electrons. The molecule has 1 aliphatic heterocycles. The first-order valence-electron chi connectivity index (χ1n) is 9.95. The molecule has 30 heavy (non-hydrogen) atoms. The van der Waals surface area contributed by atoms with Crippen LogP contribution >= 0.6 is 23.5 Å². The van der Waals surface area contributed by atoms with Crippen LogP contribution < -0.4 is 9.47 Å². The maximum atomic E-state index is 12.7. The number of ether oxygens (including phenoxy) is 2. The maximum absolute atomic E-state index is 12.7. The van der Waals surface area contributed by atoms with E-state index in [2.05, 4.69) is 4.90 Å². The lowest BCUT2D eigenvalue weighted by atomic mass is 10.1. The Morgan fingerprint density at radius 1 is 1.20 bits per heavy atom. The standard InChI is InChI=1S/C22H30N2O4S2/c1-23(2)14-17-5-6-18(28-17)15-29-12-10-24-21(25)9-11-30-22(24)19-8-7-16(26-3)13-20(19)27-4/h5-8,13,22H,9-12,14-15H2,1-4H3. The third kappa shape index (κ3) is 5.89. The molecule has 0 saturated carbocycles. The molecule has 0 spiro atoms. The van der Waals surface area contributed by atoms with E-state index in [0.717, 1.165) is 52.4 Å². The molecule has 1 amide bonds. The van der Waals surface area contributed by atoms with E-state index in [1.165, 1.54) is 0 Å². The molecular weight excluding hydrogens is 420 g/mol. The molecule has 0 bridgehead atoms. The normalized spacial score (nSPS) is 16.9. The van der Waals surface area contributed by atoms with Crippen molar-refractivity contribution in [3.05, 3.63) is 47.4 Å². The highest BCUT2D eigenvalue weighted by atomic mass is 32.2. The molecule has 0 aliphatic carbocycles. The van der Waals surface area contributed by atoms with Crippen LogP contribution in [0.5, 0.6) is 11.5 Å². The summed E-state index contributed by atoms with van der Waals surface area (Å²) in [6, 6.07) is 9.88. The summed E-state index contributed by atoms with van der Waals surface area (Å²) in [6.45, 7) is 1.50. The number of amides is 1. The number of hydrogen-bond acceptors (Lipinski definition) is 7. The minimum Gasteiger partial charge on any atom is -0.497 e. The highest BCUT2D eigenvalue weighted by molar-refractivity contribution is 7.99. The Kier molecular flexibility index (Phi) is 8.41. The smallest absolute Gasteiger partial charge is 0.224 e. The van der Waals surface area contributed by atoms with Crippen LogP contribution in [0.1, 0.15) is 28.9 Å². The molecule has 1 aromatic carbocycles. The molecule has 1 unspecified atom stereocenters. The average Bonchev–Trinajstić information content (AvgIpc) is 3.18. The molecule has 164 valence electrons. The topological polar surface area (TPSA) is 55.2 Å². The summed E-state index contributed by atoms with van der Waals surface area (Å²) in [6.07, 6.45) is 0.580. The summed E-state index contributed by atoms with van der Waals surface area (Å²) < 4.78 is 16.8. The van der Waals surface area contributed by atoms with Gasteiger partial charge in [-0.15, -0.1) is 11.8 Å². The van der Waals surface area contributed by atoms with Crippen molar-refractivity contribution in [2.24, 2.45) is 0 Å². The Morgan fingerprint density at radius 3 is 2.73 bits per heavy atom. The molecule has 2 aromatic rings. The number of methoxy groups -OCH3 is 2. The van der Waals surface area contributed by atoms with Crippen molar-refractivity contribution in [1.29, 1.82) is 0 Å². The SMILES string of the molecule is COc1ccc(C2SCCC(=O)N2CCSCc2ccc(CN(C)C)o2)c(OC)c1. The minimum atomic E-state index is -0.0389. The first kappa shape index (κ1) is 22.9. The number of rotatable bonds is 10. The third-order valence-corrected chi connectivity index (χ3v) is 7.04. The number of benzene rings is 1. The molecule has 1 fully saturated rings. The predicted octanol–water partition coefficient (Wildman–Crippen LogP) is 4.26. The van der Waals surface area contributed by atoms with Gasteiger partial charge in [0.05, 0.1) is 26.5 Å². The van der Waals surface area contributed by atoms with Gasteiger partial charge in [-0.25, -0.2) is 0 Å². The van der Waals surface area contributed by atoms with Crippen molar-refractivity contribution in [3.8, 4) is 11.5 Å². The number of hydrogen-bond donors (Lipinski definition) is 0. The number of carbonyl (C=O) groups excluding carboxylic acids is 1. The quantitative estimate of drug-likeness (QED) is 0.502. The first-order valence-corrected chi connectivity index (χ1v) is 12.1. The summed E-state index contributed by atoms with van der Waals surface area (Å²) in [5.74, 6) is 6.13. The monoisotopic (exact) mass is 450 g/mol. The van der Waals surface area contributed by atoms with Gasteiger partial charge in [-0.05, 0) is 38.4 Å². The molecule has 3 rings (SSSR count). The zero-order valence-electron chi connectivity index (χ0n) is 18.1. The fourth-order valence-corrected chi connectivity index (χ4v) is 5.50. The molecular formula is C22H30N2O4S2. The Bertz CT molecular complexity index is 840. The average molecular weight is 451 g/mol. The van der Waals surface area contributed by atoms with Crippen LogP contribution in [-0.2, 0) is 17.1 Å². The van der Waals surface area contributed by atoms with Gasteiger partial charge in [-0.1, -0.05) is 0 Å². The molecule has 1 aromatic heterocycles. The van der Waals surface area contributed by atoms with E-state index in [9.17, 15) is 4.79 Å². The predicted molar refractivity (Wildman–Crippen MR) is 123 cm³/mol. The first-order chi connectivity index (χ1) is 14.5. The van der Waals surface area contributed by atoms with Gasteiger partial charge in [-0.3, -0.25) is 4.79 Å². The van der Waals surface area contributed by atoms with E-state index in [0.29, 0.717) is 13.0 Å². The Morgan fingerprint density at radius 2 is 2.00 bits per heavy atom. The van der Waals surface area contributed by atoms with Crippen LogP contribution in [0.2, 0.25) is 0 Å². The van der Waals surface area contributed by atoms with Crippen LogP contribution in [-0.4, -0.2) is 62.1 Å². The molecule has 8 heteroatoms. The van der Waals surface area contributed by atoms with Crippen molar-refractivity contribution in [3.63, 3.8) is 0 Å². The van der Waals surface area contributed by atoms with Crippen molar-refractivity contribution in [1.82, 2.24) is 9.80 Å². The lowest BCUT2D eigenvalue weighted by Crippen LogP contribution is -2.38. The van der Waals surface area contributed by atoms with Crippen LogP contribution in [0.4, 0.5) is 0 Å². The third-order valence-electron chi connectivity index (χ3n) is 4.81. The van der Waals surface area contributed by atoms with E-state index in [-0.39, 0.29) is 11.3 Å². The van der Waals surface area contributed by atoms with Gasteiger partial charge in [-0.2, -0.15) is 11.8 Å². The minimum absolute atomic E-state index is 0.0389. The van der Waals surface area contributed by atoms with E-state index < -0.39 is 0 Å². The summed E-state index contributed by atoms with van der Waals surface area (Å²) in [4.78, 5) is 16.7. The van der Waals surface area contributed by atoms with E-state index in [1.807, 2.05) is 49.3 Å². The summed E-state index contributed by atoms with van der Waals surface area (Å²) in [5, 5.41) is -0.0389. The molecule has 1 saturated heterocycles. The fraction of sp³-hybridized carbons (Fsp3) is 0.500. The van der Waals surface area contributed by atoms with Crippen LogP contribution in [0.25, 0.3) is 0 Å². The molecule has 6 nitrogen and oxygen atoms in total. The van der Waals surface area contributed by atoms with Crippen molar-refractivity contribution < 1.29 is 18.7 Å². The fourth-order valence-electron chi connectivity index (χ4n) is 3.38. The second-order valence-electron chi connectivity index (χ2n) is 7.33. The van der Waals surface area contributed by atoms with Crippen molar-refractivity contribution in [2.75, 3.05) is 46.4 Å². The summed E-state index contributed by atoms with van der Waals surface area (Å²) in [5.41, 5.74) is 1.01. The Labute approximate surface area is 187 Å². The number of thioether (sulfide) groups is 2. The Balaban J connectivity index is 1.60. The zero-order valence-corrected chi connectivity index (χ0v) is 19.7.